The molecule has 2 aromatic rings. The maximum Gasteiger partial charge on any atom is 0.242 e. The topological polar surface area (TPSA) is 110 Å². The van der Waals surface area contributed by atoms with Gasteiger partial charge in [-0.3, -0.25) is 9.59 Å². The van der Waals surface area contributed by atoms with Gasteiger partial charge in [0.1, 0.15) is 6.04 Å². The molecule has 2 heterocycles. The number of carbonyl (C=O) groups is 2. The number of fused-ring (bicyclic) bond motifs is 1. The number of hydrogen-bond acceptors (Lipinski definition) is 5. The van der Waals surface area contributed by atoms with Crippen LogP contribution in [0, 0.1) is 5.21 Å². The number of benzene rings is 2. The van der Waals surface area contributed by atoms with E-state index in [1.54, 1.807) is 49.3 Å². The van der Waals surface area contributed by atoms with Gasteiger partial charge < -0.3 is 19.7 Å². The molecule has 0 bridgehead atoms. The van der Waals surface area contributed by atoms with Crippen molar-refractivity contribution in [2.24, 2.45) is 0 Å². The number of likely N-dealkylation sites (N-methyl/N-ethyl adjacent to an activating group) is 1. The van der Waals surface area contributed by atoms with Crippen LogP contribution in [0.4, 0.5) is 0 Å². The van der Waals surface area contributed by atoms with Crippen LogP contribution in [0.2, 0.25) is 5.02 Å². The van der Waals surface area contributed by atoms with Crippen LogP contribution in [0.5, 0.6) is 0 Å². The maximum atomic E-state index is 13.2. The second-order valence-corrected chi connectivity index (χ2v) is 12.4. The van der Waals surface area contributed by atoms with Crippen molar-refractivity contribution in [2.75, 3.05) is 40.3 Å². The van der Waals surface area contributed by atoms with Gasteiger partial charge in [-0.2, -0.15) is 4.72 Å². The summed E-state index contributed by atoms with van der Waals surface area (Å²) in [6.07, 6.45) is 3.53. The van der Waals surface area contributed by atoms with Crippen LogP contribution in [-0.2, 0) is 19.6 Å². The fraction of sp³-hybridized carbons (Fsp3) is 0.520. The molecular formula is C25H33ClN4O5S. The van der Waals surface area contributed by atoms with E-state index in [0.717, 1.165) is 30.0 Å². The average molecular weight is 537 g/mol. The Bertz CT molecular complexity index is 1250. The lowest BCUT2D eigenvalue weighted by Crippen LogP contribution is -2.57. The van der Waals surface area contributed by atoms with Crippen molar-refractivity contribution in [2.45, 2.75) is 49.1 Å². The first kappa shape index (κ1) is 26.8. The number of nitrogens with one attached hydrogen (secondary N) is 1. The number of amides is 2. The van der Waals surface area contributed by atoms with Gasteiger partial charge in [0.15, 0.2) is 0 Å². The molecule has 0 saturated carbocycles. The summed E-state index contributed by atoms with van der Waals surface area (Å²) in [5.41, 5.74) is 0. The van der Waals surface area contributed by atoms with Gasteiger partial charge in [0.25, 0.3) is 0 Å². The van der Waals surface area contributed by atoms with E-state index < -0.39 is 26.6 Å². The minimum Gasteiger partial charge on any atom is -0.633 e. The molecule has 0 aliphatic carbocycles. The molecule has 4 rings (SSSR count). The lowest BCUT2D eigenvalue weighted by Gasteiger charge is -2.43. The predicted molar refractivity (Wildman–Crippen MR) is 139 cm³/mol. The number of rotatable bonds is 7. The molecular weight excluding hydrogens is 504 g/mol. The van der Waals surface area contributed by atoms with Gasteiger partial charge in [0, 0.05) is 18.1 Å². The third-order valence-electron chi connectivity index (χ3n) is 6.84. The fourth-order valence-corrected chi connectivity index (χ4v) is 6.54. The van der Waals surface area contributed by atoms with Crippen molar-refractivity contribution in [3.8, 4) is 0 Å². The molecule has 0 radical (unpaired) electrons. The lowest BCUT2D eigenvalue weighted by atomic mass is 10.0. The number of nitrogens with zero attached hydrogens (tertiary/aromatic N) is 3. The summed E-state index contributed by atoms with van der Waals surface area (Å²) in [4.78, 5) is 29.5. The first-order chi connectivity index (χ1) is 16.9. The van der Waals surface area contributed by atoms with Crippen LogP contribution < -0.4 is 4.72 Å². The SMILES string of the molecule is C[N+](C)([O-])CC1CCCCN1C(=O)CN1CCCC(NS(=O)(=O)c2ccc3cc(Cl)ccc3c2)C1=O. The summed E-state index contributed by atoms with van der Waals surface area (Å²) in [5.74, 6) is -0.600. The van der Waals surface area contributed by atoms with Gasteiger partial charge in [-0.25, -0.2) is 8.42 Å². The van der Waals surface area contributed by atoms with E-state index in [1.165, 1.54) is 11.0 Å². The average Bonchev–Trinajstić information content (AvgIpc) is 2.80. The van der Waals surface area contributed by atoms with Crippen LogP contribution in [-0.4, -0.2) is 87.0 Å². The minimum atomic E-state index is -3.96. The summed E-state index contributed by atoms with van der Waals surface area (Å²) in [7, 11) is -0.834. The molecule has 0 spiro atoms. The van der Waals surface area contributed by atoms with Crippen LogP contribution in [0.25, 0.3) is 10.8 Å². The number of piperidine rings is 2. The number of hydroxylamine groups is 3. The van der Waals surface area contributed by atoms with E-state index in [-0.39, 0.29) is 23.4 Å². The summed E-state index contributed by atoms with van der Waals surface area (Å²) in [6, 6.07) is 8.82. The second-order valence-electron chi connectivity index (χ2n) is 10.2. The van der Waals surface area contributed by atoms with E-state index in [2.05, 4.69) is 4.72 Å². The molecule has 1 N–H and O–H groups in total. The Morgan fingerprint density at radius 2 is 1.81 bits per heavy atom. The Balaban J connectivity index is 1.44. The third-order valence-corrected chi connectivity index (χ3v) is 8.54. The van der Waals surface area contributed by atoms with Gasteiger partial charge in [-0.15, -0.1) is 0 Å². The van der Waals surface area contributed by atoms with E-state index >= 15 is 0 Å². The maximum absolute atomic E-state index is 13.2. The number of likely N-dealkylation sites (tertiary alicyclic amines) is 2. The van der Waals surface area contributed by atoms with Crippen LogP contribution in [0.1, 0.15) is 32.1 Å². The normalized spacial score (nSPS) is 21.7. The molecule has 11 heteroatoms. The zero-order valence-corrected chi connectivity index (χ0v) is 22.2. The summed E-state index contributed by atoms with van der Waals surface area (Å²) >= 11 is 6.01. The molecule has 2 saturated heterocycles. The molecule has 2 aliphatic rings. The smallest absolute Gasteiger partial charge is 0.242 e. The Labute approximate surface area is 217 Å². The first-order valence-corrected chi connectivity index (χ1v) is 14.1. The first-order valence-electron chi connectivity index (χ1n) is 12.3. The van der Waals surface area contributed by atoms with E-state index in [1.807, 2.05) is 0 Å². The Kier molecular flexibility index (Phi) is 7.92. The fourth-order valence-electron chi connectivity index (χ4n) is 5.10. The molecule has 2 unspecified atom stereocenters. The molecule has 9 nitrogen and oxygen atoms in total. The van der Waals surface area contributed by atoms with Gasteiger partial charge in [-0.05, 0) is 67.1 Å². The summed E-state index contributed by atoms with van der Waals surface area (Å²) < 4.78 is 28.3. The molecule has 2 aromatic carbocycles. The third kappa shape index (κ3) is 6.36. The predicted octanol–water partition coefficient (Wildman–Crippen LogP) is 2.72. The van der Waals surface area contributed by atoms with Crippen LogP contribution >= 0.6 is 11.6 Å². The molecule has 2 amide bonds. The van der Waals surface area contributed by atoms with Crippen molar-refractivity contribution in [1.82, 2.24) is 14.5 Å². The standard InChI is InChI=1S/C25H33ClN4O5S/c1-30(2,33)17-21-6-3-4-13-29(21)24(31)16-28-12-5-7-23(25(28)32)27-36(34,35)22-11-9-18-14-20(26)10-8-19(18)15-22/h8-11,14-15,21,23,27H,3-7,12-13,16-17H2,1-2H3. The van der Waals surface area contributed by atoms with Gasteiger partial charge in [-0.1, -0.05) is 23.7 Å². The van der Waals surface area contributed by atoms with Gasteiger partial charge in [0.2, 0.25) is 21.8 Å². The molecule has 2 aliphatic heterocycles. The van der Waals surface area contributed by atoms with Gasteiger partial charge in [0.05, 0.1) is 38.1 Å². The minimum absolute atomic E-state index is 0.0628. The zero-order chi connectivity index (χ0) is 26.1. The van der Waals surface area contributed by atoms with E-state index in [0.29, 0.717) is 37.5 Å². The number of carbonyl (C=O) groups excluding carboxylic acids is 2. The Hall–Kier alpha value is -2.24. The summed E-state index contributed by atoms with van der Waals surface area (Å²) in [5, 5.41) is 14.3. The number of hydrogen-bond donors (Lipinski definition) is 1. The highest BCUT2D eigenvalue weighted by Gasteiger charge is 2.36. The van der Waals surface area contributed by atoms with Crippen molar-refractivity contribution in [3.63, 3.8) is 0 Å². The van der Waals surface area contributed by atoms with E-state index in [9.17, 15) is 23.2 Å². The van der Waals surface area contributed by atoms with Crippen molar-refractivity contribution in [3.05, 3.63) is 46.6 Å². The highest BCUT2D eigenvalue weighted by atomic mass is 35.5. The number of halogens is 1. The monoisotopic (exact) mass is 536 g/mol. The van der Waals surface area contributed by atoms with Crippen molar-refractivity contribution < 1.29 is 22.7 Å². The second kappa shape index (κ2) is 10.6. The highest BCUT2D eigenvalue weighted by molar-refractivity contribution is 7.89. The molecule has 0 aromatic heterocycles. The quantitative estimate of drug-likeness (QED) is 0.432. The lowest BCUT2D eigenvalue weighted by molar-refractivity contribution is -0.842. The number of quaternary nitrogens is 1. The van der Waals surface area contributed by atoms with Crippen LogP contribution in [0.15, 0.2) is 41.3 Å². The molecule has 196 valence electrons. The molecule has 2 atom stereocenters. The summed E-state index contributed by atoms with van der Waals surface area (Å²) in [6.45, 7) is 1.15. The van der Waals surface area contributed by atoms with Crippen LogP contribution in [0.3, 0.4) is 0 Å². The highest BCUT2D eigenvalue weighted by Crippen LogP contribution is 2.24. The van der Waals surface area contributed by atoms with Gasteiger partial charge >= 0.3 is 0 Å². The Morgan fingerprint density at radius 3 is 2.56 bits per heavy atom. The van der Waals surface area contributed by atoms with Crippen molar-refractivity contribution in [1.29, 1.82) is 0 Å². The Morgan fingerprint density at radius 1 is 1.08 bits per heavy atom. The van der Waals surface area contributed by atoms with Crippen molar-refractivity contribution >= 4 is 44.2 Å². The zero-order valence-electron chi connectivity index (χ0n) is 20.7. The molecule has 36 heavy (non-hydrogen) atoms. The molecule has 2 fully saturated rings. The largest absolute Gasteiger partial charge is 0.633 e. The number of sulfonamides is 1. The van der Waals surface area contributed by atoms with E-state index in [4.69, 9.17) is 11.6 Å².